The molecule has 0 aliphatic rings. The summed E-state index contributed by atoms with van der Waals surface area (Å²) in [4.78, 5) is 3.46. The summed E-state index contributed by atoms with van der Waals surface area (Å²) in [7, 11) is -1.18. The molecule has 0 aliphatic carbocycles. The van der Waals surface area contributed by atoms with Crippen LogP contribution in [0.15, 0.2) is 24.3 Å². The molecule has 1 nitrogen and oxygen atoms in total. The average Bonchev–Trinajstić information content (AvgIpc) is 1.85. The fraction of sp³-hybridized carbons (Fsp3) is 0.333. The van der Waals surface area contributed by atoms with Crippen LogP contribution in [0.3, 0.4) is 0 Å². The first-order chi connectivity index (χ1) is 5.08. The molecule has 1 aromatic carbocycles. The predicted molar refractivity (Wildman–Crippen MR) is 52.2 cm³/mol. The first kappa shape index (κ1) is 11.8. The van der Waals surface area contributed by atoms with E-state index < -0.39 is 8.24 Å². The summed E-state index contributed by atoms with van der Waals surface area (Å²) >= 11 is 0. The van der Waals surface area contributed by atoms with Crippen LogP contribution >= 0.6 is 0 Å². The third-order valence-corrected chi connectivity index (χ3v) is 2.24. The second-order valence-corrected chi connectivity index (χ2v) is 8.40. The van der Waals surface area contributed by atoms with Crippen LogP contribution in [0.4, 0.5) is 5.69 Å². The summed E-state index contributed by atoms with van der Waals surface area (Å²) in [6.45, 7) is 6.82. The molecule has 0 amide bonds. The number of rotatable bonds is 2. The molecule has 0 saturated carbocycles. The molecule has 1 N–H and O–H groups in total. The van der Waals surface area contributed by atoms with Crippen LogP contribution < -0.4 is 23.8 Å². The van der Waals surface area contributed by atoms with Gasteiger partial charge in [0.1, 0.15) is 8.24 Å². The fourth-order valence-electron chi connectivity index (χ4n) is 0.875. The van der Waals surface area contributed by atoms with Crippen molar-refractivity contribution in [2.75, 3.05) is 4.98 Å². The maximum absolute atomic E-state index is 3.46. The van der Waals surface area contributed by atoms with Gasteiger partial charge in [0.25, 0.3) is 0 Å². The van der Waals surface area contributed by atoms with E-state index >= 15 is 0 Å². The summed E-state index contributed by atoms with van der Waals surface area (Å²) in [6.07, 6.45) is 0. The van der Waals surface area contributed by atoms with E-state index in [1.54, 1.807) is 0 Å². The van der Waals surface area contributed by atoms with Crippen LogP contribution in [0.25, 0.3) is 0 Å². The van der Waals surface area contributed by atoms with E-state index in [-0.39, 0.29) is 18.9 Å². The zero-order valence-electron chi connectivity index (χ0n) is 8.31. The van der Waals surface area contributed by atoms with Crippen LogP contribution in [0.2, 0.25) is 19.6 Å². The number of hydrogen-bond acceptors (Lipinski definition) is 1. The first-order valence-corrected chi connectivity index (χ1v) is 7.33. The quantitative estimate of drug-likeness (QED) is 0.477. The van der Waals surface area contributed by atoms with Crippen LogP contribution in [-0.4, -0.2) is 8.24 Å². The SMILES string of the molecule is C[Si](C)(C)Nc1[c-]cccc1.[Li+]. The largest absolute Gasteiger partial charge is 1.00 e. The van der Waals surface area contributed by atoms with Gasteiger partial charge in [-0.25, -0.2) is 0 Å². The van der Waals surface area contributed by atoms with Gasteiger partial charge in [-0.05, 0) is 0 Å². The summed E-state index contributed by atoms with van der Waals surface area (Å²) in [5.74, 6) is 0. The Morgan fingerprint density at radius 2 is 1.92 bits per heavy atom. The van der Waals surface area contributed by atoms with Crippen molar-refractivity contribution in [3.63, 3.8) is 0 Å². The summed E-state index contributed by atoms with van der Waals surface area (Å²) in [5.41, 5.74) is 1.12. The summed E-state index contributed by atoms with van der Waals surface area (Å²) < 4.78 is 0. The van der Waals surface area contributed by atoms with Crippen LogP contribution in [0.5, 0.6) is 0 Å². The standard InChI is InChI=1S/C9H14NSi.Li/c1-11(2,3)10-9-7-5-4-6-8-9;/h4-7,10H,1-3H3;/q-1;+1. The van der Waals surface area contributed by atoms with Gasteiger partial charge < -0.3 is 4.98 Å². The van der Waals surface area contributed by atoms with Gasteiger partial charge in [0.2, 0.25) is 0 Å². The van der Waals surface area contributed by atoms with Gasteiger partial charge in [0.05, 0.1) is 0 Å². The van der Waals surface area contributed by atoms with E-state index in [0.29, 0.717) is 0 Å². The Labute approximate surface area is 87.8 Å². The number of anilines is 1. The average molecular weight is 171 g/mol. The summed E-state index contributed by atoms with van der Waals surface area (Å²) in [6, 6.07) is 11.1. The Balaban J connectivity index is 0.00000121. The summed E-state index contributed by atoms with van der Waals surface area (Å²) in [5, 5.41) is 0. The van der Waals surface area contributed by atoms with Gasteiger partial charge in [0, 0.05) is 0 Å². The second-order valence-electron chi connectivity index (χ2n) is 3.65. The van der Waals surface area contributed by atoms with Crippen molar-refractivity contribution < 1.29 is 18.9 Å². The monoisotopic (exact) mass is 171 g/mol. The van der Waals surface area contributed by atoms with Crippen molar-refractivity contribution in [1.82, 2.24) is 0 Å². The zero-order chi connectivity index (χ0) is 8.32. The van der Waals surface area contributed by atoms with Crippen LogP contribution in [0.1, 0.15) is 0 Å². The maximum atomic E-state index is 3.46. The maximum Gasteiger partial charge on any atom is 1.00 e. The Hall–Kier alpha value is -0.166. The van der Waals surface area contributed by atoms with Crippen molar-refractivity contribution in [3.8, 4) is 0 Å². The third-order valence-electron chi connectivity index (χ3n) is 1.22. The van der Waals surface area contributed by atoms with Crippen LogP contribution in [0, 0.1) is 6.07 Å². The molecule has 12 heavy (non-hydrogen) atoms. The minimum absolute atomic E-state index is 0. The molecule has 0 saturated heterocycles. The minimum atomic E-state index is -1.18. The molecular weight excluding hydrogens is 157 g/mol. The number of para-hydroxylation sites is 1. The number of hydrogen-bond donors (Lipinski definition) is 1. The van der Waals surface area contributed by atoms with Gasteiger partial charge in [-0.15, -0.1) is 6.07 Å². The smallest absolute Gasteiger partial charge is 0.431 e. The molecule has 0 aromatic heterocycles. The third kappa shape index (κ3) is 4.66. The molecule has 0 fully saturated rings. The molecule has 0 heterocycles. The normalized spacial score (nSPS) is 10.2. The fourth-order valence-corrected chi connectivity index (χ4v) is 1.84. The van der Waals surface area contributed by atoms with Crippen molar-refractivity contribution >= 4 is 13.9 Å². The van der Waals surface area contributed by atoms with Gasteiger partial charge in [-0.3, -0.25) is 0 Å². The molecule has 0 aliphatic heterocycles. The molecule has 0 bridgehead atoms. The van der Waals surface area contributed by atoms with Crippen molar-refractivity contribution in [2.24, 2.45) is 0 Å². The second kappa shape index (κ2) is 4.76. The van der Waals surface area contributed by atoms with E-state index in [4.69, 9.17) is 0 Å². The molecule has 1 rings (SSSR count). The topological polar surface area (TPSA) is 12.0 Å². The Morgan fingerprint density at radius 3 is 2.33 bits per heavy atom. The van der Waals surface area contributed by atoms with Gasteiger partial charge in [0.15, 0.2) is 0 Å². The first-order valence-electron chi connectivity index (χ1n) is 3.83. The molecule has 0 unspecified atom stereocenters. The molecule has 1 aromatic rings. The molecule has 0 atom stereocenters. The van der Waals surface area contributed by atoms with E-state index in [1.165, 1.54) is 0 Å². The van der Waals surface area contributed by atoms with Crippen molar-refractivity contribution in [3.05, 3.63) is 30.3 Å². The predicted octanol–water partition coefficient (Wildman–Crippen LogP) is -0.262. The Bertz CT molecular complexity index is 218. The number of nitrogens with one attached hydrogen (secondary N) is 1. The number of benzene rings is 1. The Morgan fingerprint density at radius 1 is 1.25 bits per heavy atom. The molecule has 0 radical (unpaired) electrons. The van der Waals surface area contributed by atoms with E-state index in [2.05, 4.69) is 36.8 Å². The molecule has 60 valence electrons. The van der Waals surface area contributed by atoms with Crippen LogP contribution in [-0.2, 0) is 0 Å². The van der Waals surface area contributed by atoms with Crippen molar-refractivity contribution in [2.45, 2.75) is 19.6 Å². The zero-order valence-corrected chi connectivity index (χ0v) is 9.31. The van der Waals surface area contributed by atoms with Crippen molar-refractivity contribution in [1.29, 1.82) is 0 Å². The minimum Gasteiger partial charge on any atom is -0.431 e. The van der Waals surface area contributed by atoms with Gasteiger partial charge in [-0.1, -0.05) is 25.3 Å². The molecule has 0 spiro atoms. The van der Waals surface area contributed by atoms with Gasteiger partial charge >= 0.3 is 18.9 Å². The molecule has 3 heteroatoms. The van der Waals surface area contributed by atoms with E-state index in [9.17, 15) is 0 Å². The van der Waals surface area contributed by atoms with Gasteiger partial charge in [-0.2, -0.15) is 24.3 Å². The van der Waals surface area contributed by atoms with E-state index in [1.807, 2.05) is 18.2 Å². The molecular formula is C9H14LiNSi. The Kier molecular flexibility index (Phi) is 4.70. The van der Waals surface area contributed by atoms with E-state index in [0.717, 1.165) is 5.69 Å².